The molecule has 1 rings (SSSR count). The fraction of sp³-hybridized carbons (Fsp3) is 0.562. The molecule has 3 nitrogen and oxygen atoms in total. The Bertz CT molecular complexity index is 455. The molecule has 0 fully saturated rings. The van der Waals surface area contributed by atoms with E-state index in [4.69, 9.17) is 4.74 Å². The maximum absolute atomic E-state index is 11.7. The van der Waals surface area contributed by atoms with Crippen molar-refractivity contribution in [2.75, 3.05) is 7.11 Å². The Hall–Kier alpha value is -1.35. The second kappa shape index (κ2) is 5.74. The van der Waals surface area contributed by atoms with Crippen LogP contribution >= 0.6 is 0 Å². The van der Waals surface area contributed by atoms with Gasteiger partial charge >= 0.3 is 5.97 Å². The van der Waals surface area contributed by atoms with Crippen LogP contribution in [0.2, 0.25) is 0 Å². The Morgan fingerprint density at radius 3 is 2.11 bits per heavy atom. The molecule has 0 saturated heterocycles. The first-order valence-corrected chi connectivity index (χ1v) is 6.63. The van der Waals surface area contributed by atoms with Crippen molar-refractivity contribution in [2.45, 2.75) is 53.1 Å². The van der Waals surface area contributed by atoms with Crippen LogP contribution in [0.15, 0.2) is 12.1 Å². The molecule has 0 aromatic heterocycles. The number of esters is 1. The van der Waals surface area contributed by atoms with Crippen molar-refractivity contribution in [3.05, 3.63) is 34.4 Å². The van der Waals surface area contributed by atoms with E-state index in [0.717, 1.165) is 0 Å². The topological polar surface area (TPSA) is 38.3 Å². The molecule has 0 heterocycles. The van der Waals surface area contributed by atoms with Gasteiger partial charge in [-0.2, -0.15) is 0 Å². The average Bonchev–Trinajstić information content (AvgIpc) is 2.25. The Balaban J connectivity index is 3.02. The minimum absolute atomic E-state index is 0.0923. The number of carbonyl (C=O) groups is 1. The number of rotatable bonds is 4. The van der Waals surface area contributed by atoms with Crippen molar-refractivity contribution in [1.29, 1.82) is 0 Å². The normalized spacial score (nSPS) is 13.2. The smallest absolute Gasteiger partial charge is 0.325 e. The number of carbonyl (C=O) groups excluding carboxylic acids is 1. The largest absolute Gasteiger partial charge is 0.468 e. The average molecular weight is 263 g/mol. The zero-order valence-electron chi connectivity index (χ0n) is 13.0. The predicted octanol–water partition coefficient (Wildman–Crippen LogP) is 3.21. The van der Waals surface area contributed by atoms with E-state index >= 15 is 0 Å². The van der Waals surface area contributed by atoms with Gasteiger partial charge in [-0.15, -0.1) is 0 Å². The lowest BCUT2D eigenvalue weighted by molar-refractivity contribution is -0.147. The Morgan fingerprint density at radius 1 is 1.21 bits per heavy atom. The molecule has 19 heavy (non-hydrogen) atoms. The van der Waals surface area contributed by atoms with Crippen LogP contribution in [0.1, 0.15) is 49.1 Å². The third kappa shape index (κ3) is 3.57. The van der Waals surface area contributed by atoms with Crippen LogP contribution in [0.25, 0.3) is 0 Å². The second-order valence-electron chi connectivity index (χ2n) is 5.79. The summed E-state index contributed by atoms with van der Waals surface area (Å²) >= 11 is 0. The van der Waals surface area contributed by atoms with E-state index in [2.05, 4.69) is 45.1 Å². The third-order valence-electron chi connectivity index (χ3n) is 3.44. The zero-order valence-corrected chi connectivity index (χ0v) is 13.0. The number of hydrogen-bond donors (Lipinski definition) is 1. The van der Waals surface area contributed by atoms with Gasteiger partial charge in [0.2, 0.25) is 0 Å². The van der Waals surface area contributed by atoms with Gasteiger partial charge in [0.1, 0.15) is 5.54 Å². The summed E-state index contributed by atoms with van der Waals surface area (Å²) in [6.45, 7) is 12.1. The van der Waals surface area contributed by atoms with Gasteiger partial charge in [-0.25, -0.2) is 0 Å². The SMILES string of the molecule is COC(=O)C(C)(C)NC(C)c1c(C)cc(C)cc1C. The third-order valence-corrected chi connectivity index (χ3v) is 3.44. The molecule has 3 heteroatoms. The van der Waals surface area contributed by atoms with Crippen LogP contribution in [-0.2, 0) is 9.53 Å². The molecule has 0 saturated carbocycles. The van der Waals surface area contributed by atoms with Gasteiger partial charge in [0, 0.05) is 6.04 Å². The molecule has 0 aliphatic heterocycles. The minimum atomic E-state index is -0.696. The first-order chi connectivity index (χ1) is 8.69. The Kier molecular flexibility index (Phi) is 4.75. The zero-order chi connectivity index (χ0) is 14.8. The molecular formula is C16H25NO2. The van der Waals surface area contributed by atoms with Crippen molar-refractivity contribution in [1.82, 2.24) is 5.32 Å². The molecule has 0 aliphatic rings. The molecular weight excluding hydrogens is 238 g/mol. The molecule has 0 radical (unpaired) electrons. The summed E-state index contributed by atoms with van der Waals surface area (Å²) in [6.07, 6.45) is 0. The van der Waals surface area contributed by atoms with Crippen LogP contribution in [0.4, 0.5) is 0 Å². The highest BCUT2D eigenvalue weighted by molar-refractivity contribution is 5.79. The monoisotopic (exact) mass is 263 g/mol. The van der Waals surface area contributed by atoms with Gasteiger partial charge in [0.25, 0.3) is 0 Å². The Morgan fingerprint density at radius 2 is 1.68 bits per heavy atom. The molecule has 1 N–H and O–H groups in total. The number of benzene rings is 1. The number of hydrogen-bond acceptors (Lipinski definition) is 3. The minimum Gasteiger partial charge on any atom is -0.468 e. The van der Waals surface area contributed by atoms with Crippen LogP contribution in [0.3, 0.4) is 0 Å². The van der Waals surface area contributed by atoms with Crippen LogP contribution < -0.4 is 5.32 Å². The molecule has 0 amide bonds. The molecule has 1 atom stereocenters. The van der Waals surface area contributed by atoms with E-state index < -0.39 is 5.54 Å². The molecule has 0 aliphatic carbocycles. The summed E-state index contributed by atoms with van der Waals surface area (Å²) in [7, 11) is 1.42. The fourth-order valence-corrected chi connectivity index (χ4v) is 2.80. The molecule has 106 valence electrons. The number of methoxy groups -OCH3 is 1. The maximum atomic E-state index is 11.7. The maximum Gasteiger partial charge on any atom is 0.325 e. The summed E-state index contributed by atoms with van der Waals surface area (Å²) in [4.78, 5) is 11.7. The number of aryl methyl sites for hydroxylation is 3. The van der Waals surface area contributed by atoms with E-state index in [0.29, 0.717) is 0 Å². The van der Waals surface area contributed by atoms with E-state index in [1.54, 1.807) is 0 Å². The predicted molar refractivity (Wildman–Crippen MR) is 78.3 cm³/mol. The van der Waals surface area contributed by atoms with E-state index in [-0.39, 0.29) is 12.0 Å². The molecule has 1 unspecified atom stereocenters. The first kappa shape index (κ1) is 15.7. The lowest BCUT2D eigenvalue weighted by atomic mass is 9.93. The summed E-state index contributed by atoms with van der Waals surface area (Å²) in [6, 6.07) is 4.44. The fourth-order valence-electron chi connectivity index (χ4n) is 2.80. The van der Waals surface area contributed by atoms with E-state index in [1.807, 2.05) is 13.8 Å². The van der Waals surface area contributed by atoms with Crippen molar-refractivity contribution in [3.8, 4) is 0 Å². The number of ether oxygens (including phenoxy) is 1. The van der Waals surface area contributed by atoms with Crippen molar-refractivity contribution < 1.29 is 9.53 Å². The second-order valence-corrected chi connectivity index (χ2v) is 5.79. The summed E-state index contributed by atoms with van der Waals surface area (Å²) in [5, 5.41) is 3.35. The highest BCUT2D eigenvalue weighted by Gasteiger charge is 2.30. The summed E-state index contributed by atoms with van der Waals surface area (Å²) in [5.74, 6) is -0.248. The summed E-state index contributed by atoms with van der Waals surface area (Å²) in [5.41, 5.74) is 4.31. The van der Waals surface area contributed by atoms with Gasteiger partial charge in [0.05, 0.1) is 7.11 Å². The van der Waals surface area contributed by atoms with Crippen molar-refractivity contribution in [2.24, 2.45) is 0 Å². The van der Waals surface area contributed by atoms with Crippen LogP contribution in [0, 0.1) is 20.8 Å². The lowest BCUT2D eigenvalue weighted by Gasteiger charge is -2.29. The summed E-state index contributed by atoms with van der Waals surface area (Å²) < 4.78 is 4.83. The van der Waals surface area contributed by atoms with Crippen LogP contribution in [0.5, 0.6) is 0 Å². The first-order valence-electron chi connectivity index (χ1n) is 6.63. The van der Waals surface area contributed by atoms with Crippen molar-refractivity contribution >= 4 is 5.97 Å². The van der Waals surface area contributed by atoms with Crippen LogP contribution in [-0.4, -0.2) is 18.6 Å². The van der Waals surface area contributed by atoms with Crippen molar-refractivity contribution in [3.63, 3.8) is 0 Å². The van der Waals surface area contributed by atoms with Gasteiger partial charge in [-0.3, -0.25) is 10.1 Å². The molecule has 0 spiro atoms. The van der Waals surface area contributed by atoms with E-state index in [1.165, 1.54) is 29.4 Å². The standard InChI is InChI=1S/C16H25NO2/c1-10-8-11(2)14(12(3)9-10)13(4)17-16(5,6)15(18)19-7/h8-9,13,17H,1-7H3. The van der Waals surface area contributed by atoms with Gasteiger partial charge < -0.3 is 4.74 Å². The molecule has 1 aromatic carbocycles. The van der Waals surface area contributed by atoms with E-state index in [9.17, 15) is 4.79 Å². The highest BCUT2D eigenvalue weighted by atomic mass is 16.5. The highest BCUT2D eigenvalue weighted by Crippen LogP contribution is 2.25. The quantitative estimate of drug-likeness (QED) is 0.848. The van der Waals surface area contributed by atoms with Gasteiger partial charge in [-0.1, -0.05) is 17.7 Å². The number of nitrogens with one attached hydrogen (secondary N) is 1. The molecule has 1 aromatic rings. The van der Waals surface area contributed by atoms with Gasteiger partial charge in [0.15, 0.2) is 0 Å². The van der Waals surface area contributed by atoms with Gasteiger partial charge in [-0.05, 0) is 58.2 Å². The Labute approximate surface area is 116 Å². The molecule has 0 bridgehead atoms. The lowest BCUT2D eigenvalue weighted by Crippen LogP contribution is -2.48.